The van der Waals surface area contributed by atoms with Gasteiger partial charge in [-0.1, -0.05) is 19.1 Å². The van der Waals surface area contributed by atoms with Crippen molar-refractivity contribution in [1.29, 1.82) is 0 Å². The molecule has 0 atom stereocenters. The highest BCUT2D eigenvalue weighted by molar-refractivity contribution is 5.90. The number of amides is 1. The third-order valence-electron chi connectivity index (χ3n) is 5.94. The average molecular weight is 451 g/mol. The number of rotatable bonds is 10. The number of carbonyl (C=O) groups excluding carboxylic acids is 2. The van der Waals surface area contributed by atoms with Gasteiger partial charge in [-0.25, -0.2) is 4.79 Å². The van der Waals surface area contributed by atoms with Gasteiger partial charge in [0.25, 0.3) is 0 Å². The van der Waals surface area contributed by atoms with E-state index in [-0.39, 0.29) is 11.9 Å². The number of nitrogens with zero attached hydrogens (tertiary/aromatic N) is 2. The van der Waals surface area contributed by atoms with Gasteiger partial charge in [-0.3, -0.25) is 4.79 Å². The van der Waals surface area contributed by atoms with E-state index in [9.17, 15) is 9.59 Å². The molecular weight excluding hydrogens is 416 g/mol. The van der Waals surface area contributed by atoms with Gasteiger partial charge >= 0.3 is 5.97 Å². The van der Waals surface area contributed by atoms with Gasteiger partial charge in [0.2, 0.25) is 5.91 Å². The summed E-state index contributed by atoms with van der Waals surface area (Å²) in [6, 6.07) is 12.1. The van der Waals surface area contributed by atoms with Crippen LogP contribution in [0.2, 0.25) is 0 Å². The van der Waals surface area contributed by atoms with Crippen LogP contribution in [0.1, 0.15) is 53.2 Å². The van der Waals surface area contributed by atoms with Crippen LogP contribution in [0.3, 0.4) is 0 Å². The first-order valence-corrected chi connectivity index (χ1v) is 11.4. The molecule has 0 fully saturated rings. The zero-order valence-corrected chi connectivity index (χ0v) is 20.3. The second-order valence-electron chi connectivity index (χ2n) is 8.54. The molecule has 6 nitrogen and oxygen atoms in total. The van der Waals surface area contributed by atoms with Crippen molar-refractivity contribution >= 4 is 22.8 Å². The van der Waals surface area contributed by atoms with Crippen LogP contribution >= 0.6 is 0 Å². The third-order valence-corrected chi connectivity index (χ3v) is 5.94. The molecule has 1 heterocycles. The highest BCUT2D eigenvalue weighted by Crippen LogP contribution is 2.30. The Labute approximate surface area is 196 Å². The minimum Gasteiger partial charge on any atom is -0.496 e. The lowest BCUT2D eigenvalue weighted by molar-refractivity contribution is -0.128. The van der Waals surface area contributed by atoms with Gasteiger partial charge in [0.15, 0.2) is 0 Å². The first-order valence-electron chi connectivity index (χ1n) is 11.4. The van der Waals surface area contributed by atoms with E-state index in [0.29, 0.717) is 24.2 Å². The summed E-state index contributed by atoms with van der Waals surface area (Å²) in [7, 11) is 6.58. The summed E-state index contributed by atoms with van der Waals surface area (Å²) in [6.07, 6.45) is 6.22. The van der Waals surface area contributed by atoms with Crippen molar-refractivity contribution in [3.8, 4) is 5.75 Å². The Morgan fingerprint density at radius 2 is 1.82 bits per heavy atom. The van der Waals surface area contributed by atoms with Crippen molar-refractivity contribution in [3.63, 3.8) is 0 Å². The highest BCUT2D eigenvalue weighted by atomic mass is 16.5. The fraction of sp³-hybridized carbons (Fsp3) is 0.407. The number of fused-ring (bicyclic) bond motifs is 1. The molecule has 0 radical (unpaired) electrons. The van der Waals surface area contributed by atoms with Crippen LogP contribution in [0.15, 0.2) is 42.6 Å². The molecule has 0 bridgehead atoms. The number of benzene rings is 2. The second-order valence-corrected chi connectivity index (χ2v) is 8.54. The van der Waals surface area contributed by atoms with E-state index < -0.39 is 0 Å². The van der Waals surface area contributed by atoms with E-state index >= 15 is 0 Å². The van der Waals surface area contributed by atoms with Gasteiger partial charge in [-0.05, 0) is 60.2 Å². The summed E-state index contributed by atoms with van der Waals surface area (Å²) in [5.74, 6) is 0.456. The zero-order chi connectivity index (χ0) is 24.0. The monoisotopic (exact) mass is 450 g/mol. The molecule has 6 heteroatoms. The van der Waals surface area contributed by atoms with E-state index in [4.69, 9.17) is 9.47 Å². The van der Waals surface area contributed by atoms with Crippen LogP contribution in [0.5, 0.6) is 5.75 Å². The van der Waals surface area contributed by atoms with E-state index in [2.05, 4.69) is 35.9 Å². The lowest BCUT2D eigenvalue weighted by Gasteiger charge is -2.11. The minimum absolute atomic E-state index is 0.161. The number of aryl methyl sites for hydroxylation is 2. The van der Waals surface area contributed by atoms with Gasteiger partial charge in [-0.2, -0.15) is 0 Å². The molecule has 0 saturated heterocycles. The summed E-state index contributed by atoms with van der Waals surface area (Å²) >= 11 is 0. The maximum absolute atomic E-state index is 11.9. The van der Waals surface area contributed by atoms with Gasteiger partial charge in [-0.15, -0.1) is 0 Å². The fourth-order valence-corrected chi connectivity index (χ4v) is 4.15. The molecule has 1 aromatic heterocycles. The Kier molecular flexibility index (Phi) is 8.15. The SMILES string of the molecule is CCCn1cc(Cc2ccc(C(=O)OC)cc2OC)c2cc(CCCC(=O)N(C)C)ccc21. The highest BCUT2D eigenvalue weighted by Gasteiger charge is 2.15. The maximum atomic E-state index is 11.9. The molecule has 0 N–H and O–H groups in total. The summed E-state index contributed by atoms with van der Waals surface area (Å²) in [4.78, 5) is 25.4. The topological polar surface area (TPSA) is 60.8 Å². The number of hydrogen-bond donors (Lipinski definition) is 0. The number of aromatic nitrogens is 1. The van der Waals surface area contributed by atoms with E-state index in [1.54, 1.807) is 38.2 Å². The minimum atomic E-state index is -0.378. The lowest BCUT2D eigenvalue weighted by atomic mass is 9.99. The Bertz CT molecular complexity index is 1130. The normalized spacial score (nSPS) is 10.9. The zero-order valence-electron chi connectivity index (χ0n) is 20.3. The third kappa shape index (κ3) is 5.75. The van der Waals surface area contributed by atoms with Crippen molar-refractivity contribution in [2.45, 2.75) is 45.6 Å². The van der Waals surface area contributed by atoms with Crippen LogP contribution in [-0.2, 0) is 28.9 Å². The Hall–Kier alpha value is -3.28. The Balaban J connectivity index is 1.91. The van der Waals surface area contributed by atoms with Crippen molar-refractivity contribution in [3.05, 3.63) is 64.8 Å². The van der Waals surface area contributed by atoms with Crippen LogP contribution < -0.4 is 4.74 Å². The van der Waals surface area contributed by atoms with E-state index in [1.807, 2.05) is 6.07 Å². The number of ether oxygens (including phenoxy) is 2. The van der Waals surface area contributed by atoms with Gasteiger partial charge < -0.3 is 18.9 Å². The second kappa shape index (κ2) is 11.0. The molecule has 3 aromatic rings. The molecule has 1 amide bonds. The van der Waals surface area contributed by atoms with E-state index in [1.165, 1.54) is 29.1 Å². The molecule has 0 aliphatic heterocycles. The molecule has 0 aliphatic carbocycles. The van der Waals surface area contributed by atoms with Crippen LogP contribution in [0.4, 0.5) is 0 Å². The molecule has 0 spiro atoms. The van der Waals surface area contributed by atoms with E-state index in [0.717, 1.165) is 31.4 Å². The van der Waals surface area contributed by atoms with Crippen molar-refractivity contribution < 1.29 is 19.1 Å². The molecule has 2 aromatic carbocycles. The standard InChI is InChI=1S/C27H34N2O4/c1-6-14-29-18-22(16-20-11-12-21(27(31)33-5)17-25(20)32-4)23-15-19(10-13-24(23)29)8-7-9-26(30)28(2)3/h10-13,15,17-18H,6-9,14,16H2,1-5H3. The Morgan fingerprint density at radius 3 is 2.48 bits per heavy atom. The van der Waals surface area contributed by atoms with Gasteiger partial charge in [0, 0.05) is 50.6 Å². The van der Waals surface area contributed by atoms with Crippen molar-refractivity contribution in [2.24, 2.45) is 0 Å². The Morgan fingerprint density at radius 1 is 1.03 bits per heavy atom. The van der Waals surface area contributed by atoms with Crippen LogP contribution in [-0.4, -0.2) is 49.7 Å². The number of methoxy groups -OCH3 is 2. The number of esters is 1. The predicted octanol–water partition coefficient (Wildman–Crippen LogP) is 4.85. The smallest absolute Gasteiger partial charge is 0.337 e. The van der Waals surface area contributed by atoms with Gasteiger partial charge in [0.1, 0.15) is 5.75 Å². The molecule has 3 rings (SSSR count). The molecule has 0 unspecified atom stereocenters. The summed E-state index contributed by atoms with van der Waals surface area (Å²) < 4.78 is 12.7. The maximum Gasteiger partial charge on any atom is 0.337 e. The number of hydrogen-bond acceptors (Lipinski definition) is 4. The summed E-state index contributed by atoms with van der Waals surface area (Å²) in [5.41, 5.74) is 5.15. The first kappa shape index (κ1) is 24.4. The fourth-order valence-electron chi connectivity index (χ4n) is 4.15. The summed E-state index contributed by atoms with van der Waals surface area (Å²) in [6.45, 7) is 3.13. The predicted molar refractivity (Wildman–Crippen MR) is 131 cm³/mol. The van der Waals surface area contributed by atoms with Crippen LogP contribution in [0, 0.1) is 0 Å². The summed E-state index contributed by atoms with van der Waals surface area (Å²) in [5, 5.41) is 1.22. The lowest BCUT2D eigenvalue weighted by Crippen LogP contribution is -2.21. The first-order chi connectivity index (χ1) is 15.9. The average Bonchev–Trinajstić information content (AvgIpc) is 3.15. The van der Waals surface area contributed by atoms with Crippen molar-refractivity contribution in [2.75, 3.05) is 28.3 Å². The largest absolute Gasteiger partial charge is 0.496 e. The van der Waals surface area contributed by atoms with Crippen molar-refractivity contribution in [1.82, 2.24) is 9.47 Å². The molecular formula is C27H34N2O4. The molecule has 0 aliphatic rings. The quantitative estimate of drug-likeness (QED) is 0.415. The number of carbonyl (C=O) groups is 2. The van der Waals surface area contributed by atoms with Gasteiger partial charge in [0.05, 0.1) is 19.8 Å². The molecule has 0 saturated carbocycles. The van der Waals surface area contributed by atoms with Crippen LogP contribution in [0.25, 0.3) is 10.9 Å². The molecule has 33 heavy (non-hydrogen) atoms. The molecule has 176 valence electrons.